The van der Waals surface area contributed by atoms with Crippen molar-refractivity contribution in [2.24, 2.45) is 0 Å². The molecule has 2 aromatic heterocycles. The number of aryl methyl sites for hydroxylation is 4. The Morgan fingerprint density at radius 3 is 0.927 bits per heavy atom. The van der Waals surface area contributed by atoms with Crippen LogP contribution in [0, 0.1) is 50.4 Å². The first-order valence-corrected chi connectivity index (χ1v) is 29.5. The number of nitriles is 2. The third-order valence-electron chi connectivity index (χ3n) is 17.1. The highest BCUT2D eigenvalue weighted by atomic mass is 19.4. The minimum atomic E-state index is -5.23. The lowest BCUT2D eigenvalue weighted by Crippen LogP contribution is -2.11. The van der Waals surface area contributed by atoms with Crippen molar-refractivity contribution in [3.63, 3.8) is 0 Å². The van der Waals surface area contributed by atoms with Crippen molar-refractivity contribution in [3.8, 4) is 90.3 Å². The Hall–Kier alpha value is -11.1. The van der Waals surface area contributed by atoms with Gasteiger partial charge in [0.1, 0.15) is 0 Å². The second-order valence-electron chi connectivity index (χ2n) is 23.9. The topological polar surface area (TPSA) is 57.4 Å². The minimum absolute atomic E-state index is 0.00343. The number of fused-ring (bicyclic) bond motifs is 6. The van der Waals surface area contributed by atoms with Gasteiger partial charge in [0.15, 0.2) is 0 Å². The number of nitrogens with zero attached hydrogens (tertiary/aromatic N) is 4. The molecular weight excluding hydrogens is 1270 g/mol. The first-order valence-electron chi connectivity index (χ1n) is 29.5. The molecule has 11 aromatic carbocycles. The van der Waals surface area contributed by atoms with Gasteiger partial charge in [-0.3, -0.25) is 0 Å². The van der Waals surface area contributed by atoms with Crippen LogP contribution in [0.1, 0.15) is 61.2 Å². The predicted molar refractivity (Wildman–Crippen MR) is 341 cm³/mol. The van der Waals surface area contributed by atoms with Crippen molar-refractivity contribution in [3.05, 3.63) is 261 Å². The van der Waals surface area contributed by atoms with E-state index in [1.54, 1.807) is 57.7 Å². The van der Waals surface area contributed by atoms with Crippen molar-refractivity contribution in [2.45, 2.75) is 58.6 Å². The lowest BCUT2D eigenvalue weighted by molar-refractivity contribution is -0.143. The molecule has 478 valence electrons. The SMILES string of the molecule is Cc1cc(C)cc(-c2ccc3c(c2)c2cc(-c4cc(C)cc(C(F)(F)F)c4)ccc2n3-c2cc(-c3ccc(C#N)cc3C(F)(F)F)ccc2-c2ccc(C#N)cc2-n2c3ccc(-c4cc(C)cc(C(F)(F)F)c4)cc3c3cc(-c4cc(C(F)(F)F)cc(C(F)(F)F)c4)ccc32)c1. The lowest BCUT2D eigenvalue weighted by atomic mass is 9.93. The first kappa shape index (κ1) is 63.7. The molecule has 0 N–H and O–H groups in total. The molecule has 13 rings (SSSR count). The first-order chi connectivity index (χ1) is 45.2. The van der Waals surface area contributed by atoms with Crippen LogP contribution in [0.2, 0.25) is 0 Å². The summed E-state index contributed by atoms with van der Waals surface area (Å²) in [6.45, 7) is 6.86. The molecule has 0 saturated heterocycles. The van der Waals surface area contributed by atoms with Gasteiger partial charge in [-0.2, -0.15) is 76.4 Å². The maximum absolute atomic E-state index is 15.4. The fourth-order valence-electron chi connectivity index (χ4n) is 13.0. The number of alkyl halides is 15. The lowest BCUT2D eigenvalue weighted by Gasteiger charge is -2.21. The Kier molecular flexibility index (Phi) is 15.2. The molecule has 0 atom stereocenters. The molecular formula is C77H45F15N4. The van der Waals surface area contributed by atoms with Crippen LogP contribution in [-0.4, -0.2) is 9.13 Å². The summed E-state index contributed by atoms with van der Waals surface area (Å²) in [4.78, 5) is 0. The zero-order valence-electron chi connectivity index (χ0n) is 50.5. The summed E-state index contributed by atoms with van der Waals surface area (Å²) in [7, 11) is 0. The number of rotatable bonds is 8. The second kappa shape index (κ2) is 22.9. The highest BCUT2D eigenvalue weighted by molar-refractivity contribution is 6.14. The van der Waals surface area contributed by atoms with E-state index in [9.17, 15) is 63.2 Å². The van der Waals surface area contributed by atoms with E-state index in [4.69, 9.17) is 0 Å². The second-order valence-corrected chi connectivity index (χ2v) is 23.9. The van der Waals surface area contributed by atoms with Gasteiger partial charge in [0, 0.05) is 32.7 Å². The van der Waals surface area contributed by atoms with Crippen LogP contribution in [0.4, 0.5) is 65.9 Å². The van der Waals surface area contributed by atoms with Crippen molar-refractivity contribution in [1.82, 2.24) is 9.13 Å². The number of hydrogen-bond acceptors (Lipinski definition) is 2. The number of hydrogen-bond donors (Lipinski definition) is 0. The van der Waals surface area contributed by atoms with Crippen molar-refractivity contribution in [2.75, 3.05) is 0 Å². The normalized spacial score (nSPS) is 12.5. The van der Waals surface area contributed by atoms with Gasteiger partial charge in [-0.1, -0.05) is 90.0 Å². The van der Waals surface area contributed by atoms with Gasteiger partial charge in [0.05, 0.1) is 84.5 Å². The average Bonchev–Trinajstić information content (AvgIpc) is 1.55. The van der Waals surface area contributed by atoms with E-state index < -0.39 is 64.3 Å². The van der Waals surface area contributed by atoms with E-state index in [2.05, 4.69) is 6.07 Å². The van der Waals surface area contributed by atoms with E-state index >= 15 is 13.2 Å². The molecule has 4 nitrogen and oxygen atoms in total. The predicted octanol–water partition coefficient (Wildman–Crippen LogP) is 24.0. The third kappa shape index (κ3) is 11.7. The molecule has 0 amide bonds. The fourth-order valence-corrected chi connectivity index (χ4v) is 13.0. The van der Waals surface area contributed by atoms with Crippen LogP contribution in [0.3, 0.4) is 0 Å². The zero-order valence-corrected chi connectivity index (χ0v) is 50.5. The summed E-state index contributed by atoms with van der Waals surface area (Å²) in [6, 6.07) is 49.6. The Balaban J connectivity index is 1.14. The van der Waals surface area contributed by atoms with E-state index in [0.29, 0.717) is 45.1 Å². The average molecular weight is 1310 g/mol. The summed E-state index contributed by atoms with van der Waals surface area (Å²) in [5.41, 5.74) is -0.0875. The van der Waals surface area contributed by atoms with Gasteiger partial charge in [0.2, 0.25) is 0 Å². The molecule has 19 heteroatoms. The van der Waals surface area contributed by atoms with Crippen molar-refractivity contribution in [1.29, 1.82) is 10.5 Å². The fraction of sp³-hybridized carbons (Fsp3) is 0.117. The number of aromatic nitrogens is 2. The van der Waals surface area contributed by atoms with Crippen LogP contribution in [0.15, 0.2) is 200 Å². The molecule has 0 aliphatic rings. The smallest absolute Gasteiger partial charge is 0.309 e. The molecule has 0 saturated carbocycles. The van der Waals surface area contributed by atoms with Crippen LogP contribution in [0.25, 0.3) is 122 Å². The Bertz CT molecular complexity index is 5430. The Morgan fingerprint density at radius 1 is 0.260 bits per heavy atom. The zero-order chi connectivity index (χ0) is 68.5. The molecule has 0 fully saturated rings. The minimum Gasteiger partial charge on any atom is -0.309 e. The standard InChI is InChI=1S/C77H45F15N4/c1-40-19-41(2)21-51(20-40)46-8-15-69-62(32-46)64-34-48(53-23-43(4)25-56(29-53)74(81,82)83)10-17-70(64)96(69)72-36-50(59-12-5-44(38-93)26-66(59)77(90,91)92)7-14-61(72)60-13-6-45(39-94)27-71(60)95-67-16-9-47(52-22-42(3)24-55(28-52)73(78,79)80)33-63(67)65-35-49(11-18-68(65)95)54-30-57(75(84,85)86)37-58(31-54)76(87,88)89/h5-37H,1-4H3. The summed E-state index contributed by atoms with van der Waals surface area (Å²) in [6.07, 6.45) is -25.0. The molecule has 13 aromatic rings. The molecule has 0 spiro atoms. The van der Waals surface area contributed by atoms with Gasteiger partial charge < -0.3 is 9.13 Å². The molecule has 0 aliphatic carbocycles. The Morgan fingerprint density at radius 2 is 0.562 bits per heavy atom. The van der Waals surface area contributed by atoms with Gasteiger partial charge in [-0.15, -0.1) is 0 Å². The van der Waals surface area contributed by atoms with E-state index in [0.717, 1.165) is 52.6 Å². The summed E-state index contributed by atoms with van der Waals surface area (Å²) in [5.74, 6) is 0. The summed E-state index contributed by atoms with van der Waals surface area (Å²) >= 11 is 0. The van der Waals surface area contributed by atoms with E-state index in [1.165, 1.54) is 86.6 Å². The quantitative estimate of drug-likeness (QED) is 0.142. The molecule has 96 heavy (non-hydrogen) atoms. The van der Waals surface area contributed by atoms with Gasteiger partial charge >= 0.3 is 30.9 Å². The highest BCUT2D eigenvalue weighted by Gasteiger charge is 2.39. The van der Waals surface area contributed by atoms with Gasteiger partial charge in [-0.05, 0) is 216 Å². The number of benzene rings is 11. The Labute approximate surface area is 537 Å². The third-order valence-corrected chi connectivity index (χ3v) is 17.1. The summed E-state index contributed by atoms with van der Waals surface area (Å²) < 4.78 is 223. The maximum Gasteiger partial charge on any atom is 0.417 e. The molecule has 0 unspecified atom stereocenters. The van der Waals surface area contributed by atoms with Crippen LogP contribution >= 0.6 is 0 Å². The van der Waals surface area contributed by atoms with Crippen molar-refractivity contribution >= 4 is 43.6 Å². The van der Waals surface area contributed by atoms with Crippen LogP contribution in [-0.2, 0) is 30.9 Å². The molecule has 0 bridgehead atoms. The summed E-state index contributed by atoms with van der Waals surface area (Å²) in [5, 5.41) is 22.0. The largest absolute Gasteiger partial charge is 0.417 e. The highest BCUT2D eigenvalue weighted by Crippen LogP contribution is 2.48. The van der Waals surface area contributed by atoms with E-state index in [-0.39, 0.29) is 100 Å². The van der Waals surface area contributed by atoms with E-state index in [1.807, 2.05) is 50.2 Å². The molecule has 0 aliphatic heterocycles. The molecule has 0 radical (unpaired) electrons. The molecule has 2 heterocycles. The van der Waals surface area contributed by atoms with Crippen molar-refractivity contribution < 1.29 is 65.9 Å². The van der Waals surface area contributed by atoms with Gasteiger partial charge in [-0.25, -0.2) is 0 Å². The van der Waals surface area contributed by atoms with Crippen LogP contribution < -0.4 is 0 Å². The van der Waals surface area contributed by atoms with Crippen LogP contribution in [0.5, 0.6) is 0 Å². The number of halogens is 15. The maximum atomic E-state index is 15.4. The van der Waals surface area contributed by atoms with Gasteiger partial charge in [0.25, 0.3) is 0 Å². The monoisotopic (exact) mass is 1310 g/mol.